The molecule has 1 aliphatic heterocycles. The number of anilines is 1. The quantitative estimate of drug-likeness (QED) is 0.583. The van der Waals surface area contributed by atoms with Gasteiger partial charge in [-0.25, -0.2) is 4.39 Å². The summed E-state index contributed by atoms with van der Waals surface area (Å²) in [4.78, 5) is 2.01. The first-order valence-electron chi connectivity index (χ1n) is 6.40. The van der Waals surface area contributed by atoms with Gasteiger partial charge in [0, 0.05) is 18.2 Å². The number of rotatable bonds is 1. The molecule has 1 N–H and O–H groups in total. The fourth-order valence-electron chi connectivity index (χ4n) is 3.02. The van der Waals surface area contributed by atoms with Crippen molar-refractivity contribution < 1.29 is 4.39 Å². The monoisotopic (exact) mass is 232 g/mol. The summed E-state index contributed by atoms with van der Waals surface area (Å²) in [5.41, 5.74) is 2.09. The van der Waals surface area contributed by atoms with E-state index in [1.54, 1.807) is 6.07 Å². The van der Waals surface area contributed by atoms with Crippen LogP contribution in [-0.2, 0) is 6.42 Å². The van der Waals surface area contributed by atoms with Gasteiger partial charge in [-0.3, -0.25) is 5.41 Å². The highest BCUT2D eigenvalue weighted by molar-refractivity contribution is 5.99. The predicted octanol–water partition coefficient (Wildman–Crippen LogP) is 3.36. The van der Waals surface area contributed by atoms with Crippen molar-refractivity contribution in [3.05, 3.63) is 29.6 Å². The standard InChI is InChI=1S/C14H17FN2/c15-12-6-5-10-7-8-17(13(10)9-12)14(16)11-3-1-2-4-11/h5-6,9,11,16H,1-4,7-8H2. The number of hydrogen-bond donors (Lipinski definition) is 1. The summed E-state index contributed by atoms with van der Waals surface area (Å²) < 4.78 is 13.3. The van der Waals surface area contributed by atoms with Crippen LogP contribution in [0.2, 0.25) is 0 Å². The van der Waals surface area contributed by atoms with E-state index in [1.165, 1.54) is 24.5 Å². The molecule has 0 unspecified atom stereocenters. The molecule has 2 aliphatic rings. The Bertz CT molecular complexity index is 450. The molecule has 1 saturated carbocycles. The van der Waals surface area contributed by atoms with Gasteiger partial charge in [-0.1, -0.05) is 18.9 Å². The van der Waals surface area contributed by atoms with Crippen LogP contribution < -0.4 is 4.90 Å². The first kappa shape index (κ1) is 10.8. The summed E-state index contributed by atoms with van der Waals surface area (Å²) >= 11 is 0. The van der Waals surface area contributed by atoms with E-state index in [-0.39, 0.29) is 5.82 Å². The van der Waals surface area contributed by atoms with Crippen LogP contribution in [0, 0.1) is 17.1 Å². The molecule has 1 aromatic carbocycles. The molecule has 2 nitrogen and oxygen atoms in total. The maximum absolute atomic E-state index is 13.3. The molecule has 1 aromatic rings. The second kappa shape index (κ2) is 4.13. The van der Waals surface area contributed by atoms with Gasteiger partial charge < -0.3 is 4.90 Å². The Morgan fingerprint density at radius 2 is 2.06 bits per heavy atom. The van der Waals surface area contributed by atoms with E-state index in [9.17, 15) is 4.39 Å². The minimum Gasteiger partial charge on any atom is -0.329 e. The Labute approximate surface area is 101 Å². The van der Waals surface area contributed by atoms with Crippen molar-refractivity contribution in [1.29, 1.82) is 5.41 Å². The molecule has 1 fully saturated rings. The van der Waals surface area contributed by atoms with Gasteiger partial charge >= 0.3 is 0 Å². The van der Waals surface area contributed by atoms with E-state index >= 15 is 0 Å². The normalized spacial score (nSPS) is 19.7. The third kappa shape index (κ3) is 1.84. The number of nitrogens with one attached hydrogen (secondary N) is 1. The highest BCUT2D eigenvalue weighted by Gasteiger charge is 2.29. The summed E-state index contributed by atoms with van der Waals surface area (Å²) in [5, 5.41) is 8.29. The molecular weight excluding hydrogens is 215 g/mol. The van der Waals surface area contributed by atoms with Crippen LogP contribution in [0.5, 0.6) is 0 Å². The van der Waals surface area contributed by atoms with E-state index in [0.717, 1.165) is 31.5 Å². The first-order valence-corrected chi connectivity index (χ1v) is 6.40. The highest BCUT2D eigenvalue weighted by atomic mass is 19.1. The van der Waals surface area contributed by atoms with Crippen molar-refractivity contribution >= 4 is 11.5 Å². The van der Waals surface area contributed by atoms with E-state index in [1.807, 2.05) is 11.0 Å². The van der Waals surface area contributed by atoms with Gasteiger partial charge in [0.2, 0.25) is 0 Å². The molecule has 0 radical (unpaired) electrons. The molecule has 90 valence electrons. The van der Waals surface area contributed by atoms with Crippen LogP contribution in [0.1, 0.15) is 31.2 Å². The van der Waals surface area contributed by atoms with Crippen LogP contribution in [0.3, 0.4) is 0 Å². The fraction of sp³-hybridized carbons (Fsp3) is 0.500. The molecule has 1 aliphatic carbocycles. The van der Waals surface area contributed by atoms with E-state index in [2.05, 4.69) is 0 Å². The zero-order valence-corrected chi connectivity index (χ0v) is 9.88. The summed E-state index contributed by atoms with van der Waals surface area (Å²) in [7, 11) is 0. The number of fused-ring (bicyclic) bond motifs is 1. The molecular formula is C14H17FN2. The Morgan fingerprint density at radius 3 is 2.82 bits per heavy atom. The maximum Gasteiger partial charge on any atom is 0.125 e. The smallest absolute Gasteiger partial charge is 0.125 e. The summed E-state index contributed by atoms with van der Waals surface area (Å²) in [6.45, 7) is 0.841. The molecule has 0 aromatic heterocycles. The van der Waals surface area contributed by atoms with Crippen molar-refractivity contribution in [2.24, 2.45) is 5.92 Å². The van der Waals surface area contributed by atoms with Crippen LogP contribution in [0.15, 0.2) is 18.2 Å². The lowest BCUT2D eigenvalue weighted by molar-refractivity contribution is 0.627. The number of amidine groups is 1. The molecule has 0 atom stereocenters. The number of halogens is 1. The van der Waals surface area contributed by atoms with Gasteiger partial charge in [0.25, 0.3) is 0 Å². The maximum atomic E-state index is 13.3. The Hall–Kier alpha value is -1.38. The van der Waals surface area contributed by atoms with Crippen LogP contribution >= 0.6 is 0 Å². The first-order chi connectivity index (χ1) is 8.25. The highest BCUT2D eigenvalue weighted by Crippen LogP contribution is 2.33. The van der Waals surface area contributed by atoms with Crippen molar-refractivity contribution in [3.63, 3.8) is 0 Å². The minimum absolute atomic E-state index is 0.199. The van der Waals surface area contributed by atoms with Crippen LogP contribution in [-0.4, -0.2) is 12.4 Å². The Balaban J connectivity index is 1.87. The van der Waals surface area contributed by atoms with Crippen molar-refractivity contribution in [2.45, 2.75) is 32.1 Å². The van der Waals surface area contributed by atoms with Crippen molar-refractivity contribution in [2.75, 3.05) is 11.4 Å². The summed E-state index contributed by atoms with van der Waals surface area (Å²) in [5.74, 6) is 0.894. The van der Waals surface area contributed by atoms with Gasteiger partial charge in [-0.05, 0) is 37.0 Å². The SMILES string of the molecule is N=C(C1CCCC1)N1CCc2ccc(F)cc21. The molecule has 17 heavy (non-hydrogen) atoms. The second-order valence-corrected chi connectivity index (χ2v) is 5.04. The molecule has 0 bridgehead atoms. The lowest BCUT2D eigenvalue weighted by Gasteiger charge is -2.24. The molecule has 1 heterocycles. The summed E-state index contributed by atoms with van der Waals surface area (Å²) in [6.07, 6.45) is 5.65. The second-order valence-electron chi connectivity index (χ2n) is 5.04. The zero-order chi connectivity index (χ0) is 11.8. The molecule has 3 heteroatoms. The predicted molar refractivity (Wildman–Crippen MR) is 67.1 cm³/mol. The van der Waals surface area contributed by atoms with Gasteiger partial charge in [0.15, 0.2) is 0 Å². The molecule has 3 rings (SSSR count). The van der Waals surface area contributed by atoms with Gasteiger partial charge in [-0.15, -0.1) is 0 Å². The number of nitrogens with zero attached hydrogens (tertiary/aromatic N) is 1. The average Bonchev–Trinajstić information content (AvgIpc) is 2.97. The number of hydrogen-bond acceptors (Lipinski definition) is 1. The van der Waals surface area contributed by atoms with Gasteiger partial charge in [-0.2, -0.15) is 0 Å². The average molecular weight is 232 g/mol. The minimum atomic E-state index is -0.199. The molecule has 0 saturated heterocycles. The largest absolute Gasteiger partial charge is 0.329 e. The Morgan fingerprint density at radius 1 is 1.29 bits per heavy atom. The van der Waals surface area contributed by atoms with E-state index < -0.39 is 0 Å². The third-order valence-electron chi connectivity index (χ3n) is 3.98. The van der Waals surface area contributed by atoms with Gasteiger partial charge in [0.1, 0.15) is 11.7 Å². The van der Waals surface area contributed by atoms with E-state index in [0.29, 0.717) is 11.8 Å². The van der Waals surface area contributed by atoms with Gasteiger partial charge in [0.05, 0.1) is 0 Å². The van der Waals surface area contributed by atoms with Crippen LogP contribution in [0.4, 0.5) is 10.1 Å². The van der Waals surface area contributed by atoms with Crippen LogP contribution in [0.25, 0.3) is 0 Å². The van der Waals surface area contributed by atoms with Crippen molar-refractivity contribution in [1.82, 2.24) is 0 Å². The van der Waals surface area contributed by atoms with Crippen molar-refractivity contribution in [3.8, 4) is 0 Å². The van der Waals surface area contributed by atoms with E-state index in [4.69, 9.17) is 5.41 Å². The molecule has 0 spiro atoms. The Kier molecular flexibility index (Phi) is 2.61. The lowest BCUT2D eigenvalue weighted by atomic mass is 10.1. The fourth-order valence-corrected chi connectivity index (χ4v) is 3.02. The molecule has 0 amide bonds. The third-order valence-corrected chi connectivity index (χ3v) is 3.98. The summed E-state index contributed by atoms with van der Waals surface area (Å²) in [6, 6.07) is 4.94. The lowest BCUT2D eigenvalue weighted by Crippen LogP contribution is -2.33. The topological polar surface area (TPSA) is 27.1 Å². The zero-order valence-electron chi connectivity index (χ0n) is 9.88. The number of benzene rings is 1.